The Morgan fingerprint density at radius 3 is 1.98 bits per heavy atom. The molecule has 1 aromatic carbocycles. The second-order valence-corrected chi connectivity index (χ2v) is 23.6. The number of hydrogen-bond donors (Lipinski definition) is 7. The number of aliphatic hydroxyl groups is 5. The van der Waals surface area contributed by atoms with E-state index in [1.807, 2.05) is 32.9 Å². The molecular formula is C65H95NO22. The van der Waals surface area contributed by atoms with Crippen LogP contribution >= 0.6 is 0 Å². The number of esters is 1. The summed E-state index contributed by atoms with van der Waals surface area (Å²) in [6.07, 6.45) is 6.57. The van der Waals surface area contributed by atoms with Crippen molar-refractivity contribution in [3.63, 3.8) is 0 Å². The summed E-state index contributed by atoms with van der Waals surface area (Å²) < 4.78 is 80.3. The maximum Gasteiger partial charge on any atom is 0.328 e. The van der Waals surface area contributed by atoms with Crippen LogP contribution in [0.1, 0.15) is 79.7 Å². The molecule has 0 saturated carbocycles. The molecule has 23 nitrogen and oxygen atoms in total. The van der Waals surface area contributed by atoms with E-state index in [0.717, 1.165) is 11.6 Å². The number of rotatable bonds is 29. The molecule has 0 radical (unpaired) electrons. The van der Waals surface area contributed by atoms with Gasteiger partial charge in [0.1, 0.15) is 42.5 Å². The molecule has 492 valence electrons. The number of allylic oxidation sites excluding steroid dienone is 8. The van der Waals surface area contributed by atoms with E-state index < -0.39 is 152 Å². The van der Waals surface area contributed by atoms with Gasteiger partial charge in [0.25, 0.3) is 0 Å². The molecule has 5 saturated heterocycles. The molecule has 0 aliphatic carbocycles. The molecule has 23 heteroatoms. The highest BCUT2D eigenvalue weighted by atomic mass is 16.7. The van der Waals surface area contributed by atoms with Crippen LogP contribution in [0.25, 0.3) is 0 Å². The van der Waals surface area contributed by atoms with E-state index in [9.17, 15) is 39.9 Å². The number of carboxylic acid groups (broad SMARTS) is 1. The van der Waals surface area contributed by atoms with Crippen molar-refractivity contribution in [2.75, 3.05) is 48.2 Å². The molecule has 0 aromatic heterocycles. The number of aliphatic carboxylic acids is 1. The minimum Gasteiger partial charge on any atom is -0.478 e. The van der Waals surface area contributed by atoms with Crippen LogP contribution in [0.2, 0.25) is 0 Å². The third-order valence-corrected chi connectivity index (χ3v) is 17.0. The summed E-state index contributed by atoms with van der Waals surface area (Å²) in [6.45, 7) is 11.7. The largest absolute Gasteiger partial charge is 0.478 e. The Bertz CT molecular complexity index is 2550. The van der Waals surface area contributed by atoms with Gasteiger partial charge in [0.05, 0.1) is 80.7 Å². The lowest BCUT2D eigenvalue weighted by Gasteiger charge is -2.54. The fraction of sp³-hybridized carbons (Fsp3) is 0.646. The lowest BCUT2D eigenvalue weighted by atomic mass is 9.71. The Balaban J connectivity index is 1.19. The molecule has 22 atom stereocenters. The molecule has 7 N–H and O–H groups in total. The van der Waals surface area contributed by atoms with Crippen molar-refractivity contribution in [2.45, 2.75) is 203 Å². The van der Waals surface area contributed by atoms with Crippen molar-refractivity contribution >= 4 is 17.8 Å². The Kier molecular flexibility index (Phi) is 28.3. The van der Waals surface area contributed by atoms with Crippen LogP contribution in [0.5, 0.6) is 0 Å². The van der Waals surface area contributed by atoms with Crippen molar-refractivity contribution in [1.82, 2.24) is 5.32 Å². The van der Waals surface area contributed by atoms with Crippen LogP contribution in [0.15, 0.2) is 115 Å². The van der Waals surface area contributed by atoms with E-state index >= 15 is 0 Å². The molecule has 5 fully saturated rings. The van der Waals surface area contributed by atoms with E-state index in [-0.39, 0.29) is 44.4 Å². The Hall–Kier alpha value is -4.87. The first kappa shape index (κ1) is 72.2. The predicted octanol–water partition coefficient (Wildman–Crippen LogP) is 4.48. The fourth-order valence-electron chi connectivity index (χ4n) is 11.9. The number of ether oxygens (including phenoxy) is 13. The topological polar surface area (TPSA) is 305 Å². The molecule has 1 aromatic rings. The van der Waals surface area contributed by atoms with Gasteiger partial charge in [-0.25, -0.2) is 4.79 Å². The highest BCUT2D eigenvalue weighted by Crippen LogP contribution is 2.46. The maximum atomic E-state index is 14.8. The molecule has 5 aliphatic rings. The molecular weight excluding hydrogens is 1150 g/mol. The average molecular weight is 1240 g/mol. The number of aliphatic hydroxyl groups excluding tert-OH is 4. The molecule has 5 aliphatic heterocycles. The van der Waals surface area contributed by atoms with Crippen molar-refractivity contribution in [1.29, 1.82) is 0 Å². The summed E-state index contributed by atoms with van der Waals surface area (Å²) in [7, 11) is 6.20. The van der Waals surface area contributed by atoms with Crippen LogP contribution in [-0.2, 0) is 82.4 Å². The smallest absolute Gasteiger partial charge is 0.328 e. The lowest BCUT2D eigenvalue weighted by molar-refractivity contribution is -0.367. The summed E-state index contributed by atoms with van der Waals surface area (Å²) in [5.41, 5.74) is 0.241. The van der Waals surface area contributed by atoms with Gasteiger partial charge in [-0.2, -0.15) is 0 Å². The summed E-state index contributed by atoms with van der Waals surface area (Å²) in [5, 5.41) is 67.9. The second-order valence-electron chi connectivity index (χ2n) is 23.6. The Labute approximate surface area is 516 Å². The van der Waals surface area contributed by atoms with E-state index in [1.54, 1.807) is 121 Å². The summed E-state index contributed by atoms with van der Waals surface area (Å²) >= 11 is 0. The van der Waals surface area contributed by atoms with Crippen LogP contribution in [0.3, 0.4) is 0 Å². The SMILES string of the molecule is COC1CC(OC2C(C)OC(OC3C(C)OC(OCC(C(=O)NCC=CC=C(C)C(OC)C(C)C4CC(O)C(C=CC=CC=CC(=O)O)O4)C4(O)OC(C=CC=CCO)C(C)(C)C(OC(=O)Cc5ccccc5)C4O)CC3OC)CC2OC)OC(C)C1O. The Morgan fingerprint density at radius 1 is 0.750 bits per heavy atom. The molecule has 88 heavy (non-hydrogen) atoms. The molecule has 5 heterocycles. The highest BCUT2D eigenvalue weighted by molar-refractivity contribution is 5.80. The first-order valence-corrected chi connectivity index (χ1v) is 30.1. The number of amides is 1. The van der Waals surface area contributed by atoms with Crippen molar-refractivity contribution < 1.29 is 107 Å². The van der Waals surface area contributed by atoms with Gasteiger partial charge in [-0.3, -0.25) is 9.59 Å². The standard InChI is InChI=1S/C65H95NO22/c1-38(58(79-11)39(2)47-33-45(68)46(84-47)27-18-12-13-20-29-52(69)70)24-21-22-30-66-63(74)44(65(75)61(73)62(85-53(71)32-43-25-16-14-17-26-43)64(6,7)51(88-65)28-19-15-23-31-67)37-80-54-35-49(77-9)59(41(4)82-54)87-56-36-50(78-10)60(42(5)83-56)86-55-34-48(76-8)57(72)40(3)81-55/h12-29,39-42,44-51,54-62,67-68,72-73,75H,30-37H2,1-11H3,(H,66,74)(H,69,70). The zero-order valence-corrected chi connectivity index (χ0v) is 52.4. The lowest BCUT2D eigenvalue weighted by Crippen LogP contribution is -2.70. The van der Waals surface area contributed by atoms with E-state index in [1.165, 1.54) is 26.4 Å². The second kappa shape index (κ2) is 34.5. The number of hydrogen-bond acceptors (Lipinski definition) is 21. The third-order valence-electron chi connectivity index (χ3n) is 17.0. The van der Waals surface area contributed by atoms with Gasteiger partial charge >= 0.3 is 11.9 Å². The number of carbonyl (C=O) groups is 3. The van der Waals surface area contributed by atoms with Gasteiger partial charge in [-0.15, -0.1) is 0 Å². The fourth-order valence-corrected chi connectivity index (χ4v) is 11.9. The number of nitrogens with one attached hydrogen (secondary N) is 1. The van der Waals surface area contributed by atoms with Crippen LogP contribution in [0.4, 0.5) is 0 Å². The quantitative estimate of drug-likeness (QED) is 0.0331. The van der Waals surface area contributed by atoms with Crippen molar-refractivity contribution in [3.05, 3.63) is 120 Å². The van der Waals surface area contributed by atoms with Gasteiger partial charge in [0.15, 0.2) is 18.9 Å². The predicted molar refractivity (Wildman–Crippen MR) is 320 cm³/mol. The molecule has 0 bridgehead atoms. The molecule has 22 unspecified atom stereocenters. The Morgan fingerprint density at radius 2 is 1.35 bits per heavy atom. The van der Waals surface area contributed by atoms with Crippen molar-refractivity contribution in [3.8, 4) is 0 Å². The van der Waals surface area contributed by atoms with Gasteiger partial charge in [0.2, 0.25) is 11.7 Å². The summed E-state index contributed by atoms with van der Waals surface area (Å²) in [5.74, 6) is -7.27. The van der Waals surface area contributed by atoms with Gasteiger partial charge in [-0.1, -0.05) is 124 Å². The van der Waals surface area contributed by atoms with Gasteiger partial charge in [-0.05, 0) is 38.8 Å². The first-order chi connectivity index (χ1) is 42.0. The first-order valence-electron chi connectivity index (χ1n) is 30.1. The highest BCUT2D eigenvalue weighted by Gasteiger charge is 2.63. The monoisotopic (exact) mass is 1240 g/mol. The minimum absolute atomic E-state index is 0.0758. The maximum absolute atomic E-state index is 14.8. The average Bonchev–Trinajstić information content (AvgIpc) is 0.881. The number of carboxylic acids is 1. The summed E-state index contributed by atoms with van der Waals surface area (Å²) in [6, 6.07) is 8.88. The van der Waals surface area contributed by atoms with Crippen LogP contribution in [0, 0.1) is 17.3 Å². The number of methoxy groups -OCH3 is 4. The van der Waals surface area contributed by atoms with E-state index in [4.69, 9.17) is 66.7 Å². The minimum atomic E-state index is -2.79. The third kappa shape index (κ3) is 19.3. The van der Waals surface area contributed by atoms with Gasteiger partial charge < -0.3 is 97.5 Å². The number of benzene rings is 1. The van der Waals surface area contributed by atoms with E-state index in [0.29, 0.717) is 18.4 Å². The van der Waals surface area contributed by atoms with Crippen LogP contribution in [-0.4, -0.2) is 219 Å². The zero-order valence-electron chi connectivity index (χ0n) is 52.4. The van der Waals surface area contributed by atoms with Crippen molar-refractivity contribution in [2.24, 2.45) is 17.3 Å². The van der Waals surface area contributed by atoms with Gasteiger partial charge in [0, 0.05) is 78.1 Å². The van der Waals surface area contributed by atoms with Crippen LogP contribution < -0.4 is 5.32 Å². The summed E-state index contributed by atoms with van der Waals surface area (Å²) in [4.78, 5) is 39.3. The van der Waals surface area contributed by atoms with E-state index in [2.05, 4.69) is 5.32 Å². The zero-order chi connectivity index (χ0) is 64.3. The molecule has 6 rings (SSSR count). The molecule has 0 spiro atoms. The normalized spacial score (nSPS) is 36.0. The number of carbonyl (C=O) groups excluding carboxylic acids is 2. The molecule has 1 amide bonds.